The van der Waals surface area contributed by atoms with Crippen LogP contribution in [0.5, 0.6) is 0 Å². The van der Waals surface area contributed by atoms with Crippen LogP contribution in [0.2, 0.25) is 5.02 Å². The Hall–Kier alpha value is -2.53. The molecule has 1 fully saturated rings. The fourth-order valence-electron chi connectivity index (χ4n) is 4.75. The number of nitrogens with one attached hydrogen (secondary N) is 2. The number of carbonyl (C=O) groups excluding carboxylic acids is 3. The van der Waals surface area contributed by atoms with Gasteiger partial charge >= 0.3 is 0 Å². The minimum atomic E-state index is -0.949. The Labute approximate surface area is 237 Å². The zero-order chi connectivity index (χ0) is 26.7. The van der Waals surface area contributed by atoms with E-state index < -0.39 is 23.8 Å². The third-order valence-corrected chi connectivity index (χ3v) is 8.10. The average Bonchev–Trinajstić information content (AvgIpc) is 3.29. The van der Waals surface area contributed by atoms with Gasteiger partial charge in [-0.1, -0.05) is 23.7 Å². The topological polar surface area (TPSA) is 94.6 Å². The molecule has 4 rings (SSSR count). The molecular weight excluding hydrogens is 552 g/mol. The molecular formula is C26H32Cl2FN5O3S. The van der Waals surface area contributed by atoms with Crippen LogP contribution in [0.1, 0.15) is 45.2 Å². The number of benzene rings is 1. The van der Waals surface area contributed by atoms with E-state index in [0.717, 1.165) is 36.2 Å². The highest BCUT2D eigenvalue weighted by Gasteiger charge is 2.37. The van der Waals surface area contributed by atoms with Gasteiger partial charge in [0, 0.05) is 55.5 Å². The molecule has 0 saturated heterocycles. The van der Waals surface area contributed by atoms with Gasteiger partial charge in [0.15, 0.2) is 10.8 Å². The van der Waals surface area contributed by atoms with Crippen LogP contribution in [0.4, 0.5) is 4.39 Å². The quantitative estimate of drug-likeness (QED) is 0.506. The molecule has 2 N–H and O–H groups in total. The molecule has 1 aliphatic heterocycles. The zero-order valence-corrected chi connectivity index (χ0v) is 23.9. The lowest BCUT2D eigenvalue weighted by molar-refractivity contribution is -0.134. The molecule has 3 amide bonds. The molecule has 3 atom stereocenters. The van der Waals surface area contributed by atoms with Crippen molar-refractivity contribution in [3.63, 3.8) is 0 Å². The number of rotatable bonds is 6. The molecule has 0 unspecified atom stereocenters. The third kappa shape index (κ3) is 7.31. The van der Waals surface area contributed by atoms with Gasteiger partial charge in [-0.25, -0.2) is 9.37 Å². The molecule has 1 aromatic carbocycles. The second-order valence-electron chi connectivity index (χ2n) is 9.82. The van der Waals surface area contributed by atoms with Crippen LogP contribution in [0.3, 0.4) is 0 Å². The van der Waals surface area contributed by atoms with Crippen LogP contribution in [-0.4, -0.2) is 72.3 Å². The Bertz CT molecular complexity index is 1200. The highest BCUT2D eigenvalue weighted by Crippen LogP contribution is 2.28. The second kappa shape index (κ2) is 13.0. The van der Waals surface area contributed by atoms with E-state index in [1.807, 2.05) is 7.05 Å². The van der Waals surface area contributed by atoms with Gasteiger partial charge in [-0.05, 0) is 50.1 Å². The van der Waals surface area contributed by atoms with Gasteiger partial charge in [0.25, 0.3) is 11.8 Å². The number of amides is 3. The third-order valence-electron chi connectivity index (χ3n) is 6.77. The van der Waals surface area contributed by atoms with E-state index in [1.165, 1.54) is 16.2 Å². The zero-order valence-electron chi connectivity index (χ0n) is 21.5. The van der Waals surface area contributed by atoms with E-state index in [0.29, 0.717) is 34.9 Å². The molecule has 2 aromatic rings. The summed E-state index contributed by atoms with van der Waals surface area (Å²) in [5.41, 5.74) is 1.44. The number of likely N-dealkylation sites (N-methyl/N-ethyl adjacent to an activating group) is 1. The van der Waals surface area contributed by atoms with Crippen molar-refractivity contribution in [3.05, 3.63) is 56.3 Å². The maximum atomic E-state index is 14.7. The summed E-state index contributed by atoms with van der Waals surface area (Å²) in [5, 5.41) is 6.59. The Morgan fingerprint density at radius 1 is 1.16 bits per heavy atom. The lowest BCUT2D eigenvalue weighted by atomic mass is 9.81. The van der Waals surface area contributed by atoms with E-state index in [1.54, 1.807) is 38.4 Å². The summed E-state index contributed by atoms with van der Waals surface area (Å²) in [6, 6.07) is 5.37. The minimum Gasteiger partial charge on any atom is -0.349 e. The molecule has 0 spiro atoms. The van der Waals surface area contributed by atoms with Gasteiger partial charge in [-0.2, -0.15) is 0 Å². The standard InChI is InChI=1S/C26H31ClFN5O3S.ClH/c1-32(2)26(36)16-6-9-19(29-23(34)18(28)12-15-4-7-17(27)8-5-15)21(13-16)30-24(35)25-31-20-10-11-33(3)14-22(20)37-25;/h4-5,7-8,12,16,19,21H,6,9-11,13-14H2,1-3H3,(H,29,34)(H,30,35);1H/t16-,19-,21+;/m0./s1. The van der Waals surface area contributed by atoms with E-state index >= 15 is 0 Å². The summed E-state index contributed by atoms with van der Waals surface area (Å²) < 4.78 is 14.7. The smallest absolute Gasteiger partial charge is 0.280 e. The maximum absolute atomic E-state index is 14.7. The Kier molecular flexibility index (Phi) is 10.3. The molecule has 1 aromatic heterocycles. The van der Waals surface area contributed by atoms with Crippen molar-refractivity contribution in [2.75, 3.05) is 27.7 Å². The number of aromatic nitrogens is 1. The van der Waals surface area contributed by atoms with Crippen LogP contribution < -0.4 is 10.6 Å². The number of carbonyl (C=O) groups is 3. The van der Waals surface area contributed by atoms with Crippen LogP contribution in [0, 0.1) is 5.92 Å². The molecule has 1 saturated carbocycles. The minimum absolute atomic E-state index is 0. The monoisotopic (exact) mass is 583 g/mol. The van der Waals surface area contributed by atoms with Crippen molar-refractivity contribution in [1.29, 1.82) is 0 Å². The lowest BCUT2D eigenvalue weighted by Gasteiger charge is -2.37. The summed E-state index contributed by atoms with van der Waals surface area (Å²) in [6.45, 7) is 1.64. The molecule has 206 valence electrons. The highest BCUT2D eigenvalue weighted by atomic mass is 35.5. The molecule has 0 radical (unpaired) electrons. The second-order valence-corrected chi connectivity index (χ2v) is 11.3. The average molecular weight is 585 g/mol. The fourth-order valence-corrected chi connectivity index (χ4v) is 5.97. The molecule has 8 nitrogen and oxygen atoms in total. The Morgan fingerprint density at radius 3 is 2.55 bits per heavy atom. The maximum Gasteiger partial charge on any atom is 0.280 e. The number of fused-ring (bicyclic) bond motifs is 1. The Morgan fingerprint density at radius 2 is 1.87 bits per heavy atom. The predicted molar refractivity (Wildman–Crippen MR) is 149 cm³/mol. The van der Waals surface area contributed by atoms with Crippen molar-refractivity contribution in [2.24, 2.45) is 5.92 Å². The first-order valence-corrected chi connectivity index (χ1v) is 13.4. The first-order valence-electron chi connectivity index (χ1n) is 12.2. The molecule has 2 aliphatic rings. The summed E-state index contributed by atoms with van der Waals surface area (Å²) in [5.74, 6) is -2.51. The SMILES string of the molecule is CN1CCc2nc(C(=O)N[C@@H]3C[C@@H](C(=O)N(C)C)CC[C@@H]3NC(=O)C(F)=Cc3ccc(Cl)cc3)sc2C1.Cl. The molecule has 1 aliphatic carbocycles. The lowest BCUT2D eigenvalue weighted by Crippen LogP contribution is -2.56. The van der Waals surface area contributed by atoms with E-state index in [9.17, 15) is 18.8 Å². The van der Waals surface area contributed by atoms with Crippen molar-refractivity contribution < 1.29 is 18.8 Å². The van der Waals surface area contributed by atoms with Gasteiger partial charge in [0.2, 0.25) is 5.91 Å². The van der Waals surface area contributed by atoms with Crippen molar-refractivity contribution in [3.8, 4) is 0 Å². The first-order chi connectivity index (χ1) is 17.6. The summed E-state index contributed by atoms with van der Waals surface area (Å²) in [7, 11) is 5.41. The summed E-state index contributed by atoms with van der Waals surface area (Å²) >= 11 is 7.23. The van der Waals surface area contributed by atoms with Gasteiger partial charge in [0.1, 0.15) is 0 Å². The molecule has 38 heavy (non-hydrogen) atoms. The van der Waals surface area contributed by atoms with E-state index in [4.69, 9.17) is 11.6 Å². The molecule has 12 heteroatoms. The predicted octanol–water partition coefficient (Wildman–Crippen LogP) is 3.69. The van der Waals surface area contributed by atoms with Crippen molar-refractivity contribution >= 4 is 59.1 Å². The van der Waals surface area contributed by atoms with Crippen LogP contribution >= 0.6 is 35.3 Å². The van der Waals surface area contributed by atoms with Crippen LogP contribution in [0.25, 0.3) is 6.08 Å². The van der Waals surface area contributed by atoms with Crippen LogP contribution in [-0.2, 0) is 22.6 Å². The number of hydrogen-bond acceptors (Lipinski definition) is 6. The van der Waals surface area contributed by atoms with Gasteiger partial charge in [-0.15, -0.1) is 23.7 Å². The normalized spacial score (nSPS) is 21.6. The molecule has 0 bridgehead atoms. The van der Waals surface area contributed by atoms with Crippen molar-refractivity contribution in [2.45, 2.75) is 44.3 Å². The number of nitrogens with zero attached hydrogens (tertiary/aromatic N) is 3. The van der Waals surface area contributed by atoms with Gasteiger partial charge in [-0.3, -0.25) is 14.4 Å². The molecule has 2 heterocycles. The van der Waals surface area contributed by atoms with Gasteiger partial charge in [0.05, 0.1) is 11.7 Å². The van der Waals surface area contributed by atoms with Crippen molar-refractivity contribution in [1.82, 2.24) is 25.4 Å². The summed E-state index contributed by atoms with van der Waals surface area (Å²) in [4.78, 5) is 47.8. The summed E-state index contributed by atoms with van der Waals surface area (Å²) in [6.07, 6.45) is 3.21. The van der Waals surface area contributed by atoms with E-state index in [2.05, 4.69) is 20.5 Å². The van der Waals surface area contributed by atoms with Crippen LogP contribution in [0.15, 0.2) is 30.1 Å². The highest BCUT2D eigenvalue weighted by molar-refractivity contribution is 7.13. The largest absolute Gasteiger partial charge is 0.349 e. The fraction of sp³-hybridized carbons (Fsp3) is 0.462. The van der Waals surface area contributed by atoms with E-state index in [-0.39, 0.29) is 30.1 Å². The number of halogens is 3. The Balaban J connectivity index is 0.00000400. The number of hydrogen-bond donors (Lipinski definition) is 2. The first kappa shape index (κ1) is 30.0. The number of thiazole rings is 1. The van der Waals surface area contributed by atoms with Gasteiger partial charge < -0.3 is 20.4 Å².